The van der Waals surface area contributed by atoms with Gasteiger partial charge in [-0.15, -0.1) is 0 Å². The van der Waals surface area contributed by atoms with Gasteiger partial charge in [0.15, 0.2) is 0 Å². The SMILES string of the molecule is CC(C)NCc1ccc(COc2ccc(F)cc2Br)cc1. The molecule has 0 spiro atoms. The summed E-state index contributed by atoms with van der Waals surface area (Å²) < 4.78 is 19.3. The lowest BCUT2D eigenvalue weighted by atomic mass is 10.1. The van der Waals surface area contributed by atoms with Crippen LogP contribution < -0.4 is 10.1 Å². The first-order valence-corrected chi connectivity index (χ1v) is 7.73. The molecule has 112 valence electrons. The summed E-state index contributed by atoms with van der Waals surface area (Å²) in [5.74, 6) is 0.359. The molecule has 0 saturated carbocycles. The van der Waals surface area contributed by atoms with Gasteiger partial charge in [0.05, 0.1) is 4.47 Å². The van der Waals surface area contributed by atoms with E-state index in [0.29, 0.717) is 22.9 Å². The molecule has 0 aliphatic carbocycles. The average molecular weight is 352 g/mol. The van der Waals surface area contributed by atoms with Crippen molar-refractivity contribution < 1.29 is 9.13 Å². The largest absolute Gasteiger partial charge is 0.488 e. The molecule has 0 radical (unpaired) electrons. The molecular weight excluding hydrogens is 333 g/mol. The fraction of sp³-hybridized carbons (Fsp3) is 0.294. The van der Waals surface area contributed by atoms with Crippen molar-refractivity contribution in [2.45, 2.75) is 33.0 Å². The summed E-state index contributed by atoms with van der Waals surface area (Å²) in [5, 5.41) is 3.38. The molecule has 2 aromatic carbocycles. The topological polar surface area (TPSA) is 21.3 Å². The zero-order valence-corrected chi connectivity index (χ0v) is 13.8. The van der Waals surface area contributed by atoms with Gasteiger partial charge in [0, 0.05) is 12.6 Å². The summed E-state index contributed by atoms with van der Waals surface area (Å²) in [5.41, 5.74) is 2.33. The lowest BCUT2D eigenvalue weighted by Crippen LogP contribution is -2.21. The van der Waals surface area contributed by atoms with Gasteiger partial charge in [-0.3, -0.25) is 0 Å². The first-order chi connectivity index (χ1) is 10.0. The molecule has 0 heterocycles. The fourth-order valence-electron chi connectivity index (χ4n) is 1.83. The highest BCUT2D eigenvalue weighted by molar-refractivity contribution is 9.10. The van der Waals surface area contributed by atoms with E-state index in [0.717, 1.165) is 12.1 Å². The number of hydrogen-bond acceptors (Lipinski definition) is 2. The second-order valence-corrected chi connectivity index (χ2v) is 6.07. The first-order valence-electron chi connectivity index (χ1n) is 6.93. The molecule has 0 aliphatic rings. The van der Waals surface area contributed by atoms with E-state index in [9.17, 15) is 4.39 Å². The van der Waals surface area contributed by atoms with Crippen LogP contribution >= 0.6 is 15.9 Å². The van der Waals surface area contributed by atoms with Crippen LogP contribution in [0.25, 0.3) is 0 Å². The Morgan fingerprint density at radius 3 is 2.38 bits per heavy atom. The molecule has 4 heteroatoms. The predicted octanol–water partition coefficient (Wildman–Crippen LogP) is 4.67. The second-order valence-electron chi connectivity index (χ2n) is 5.22. The van der Waals surface area contributed by atoms with Crippen LogP contribution in [0.4, 0.5) is 4.39 Å². The minimum atomic E-state index is -0.281. The predicted molar refractivity (Wildman–Crippen MR) is 86.8 cm³/mol. The highest BCUT2D eigenvalue weighted by atomic mass is 79.9. The summed E-state index contributed by atoms with van der Waals surface area (Å²) >= 11 is 3.29. The molecule has 0 atom stereocenters. The van der Waals surface area contributed by atoms with Crippen molar-refractivity contribution >= 4 is 15.9 Å². The van der Waals surface area contributed by atoms with Crippen molar-refractivity contribution in [2.75, 3.05) is 0 Å². The van der Waals surface area contributed by atoms with Crippen LogP contribution in [-0.4, -0.2) is 6.04 Å². The van der Waals surface area contributed by atoms with Crippen LogP contribution in [0.2, 0.25) is 0 Å². The summed E-state index contributed by atoms with van der Waals surface area (Å²) in [6.45, 7) is 5.58. The van der Waals surface area contributed by atoms with E-state index >= 15 is 0 Å². The Labute approximate surface area is 133 Å². The van der Waals surface area contributed by atoms with Gasteiger partial charge in [0.25, 0.3) is 0 Å². The van der Waals surface area contributed by atoms with Crippen LogP contribution in [0.15, 0.2) is 46.9 Å². The summed E-state index contributed by atoms with van der Waals surface area (Å²) in [6, 6.07) is 13.2. The Kier molecular flexibility index (Phi) is 5.76. The van der Waals surface area contributed by atoms with Crippen molar-refractivity contribution in [1.29, 1.82) is 0 Å². The standard InChI is InChI=1S/C17H19BrFNO/c1-12(2)20-10-13-3-5-14(6-4-13)11-21-17-8-7-15(19)9-16(17)18/h3-9,12,20H,10-11H2,1-2H3. The molecule has 0 bridgehead atoms. The van der Waals surface area contributed by atoms with Crippen LogP contribution in [0.1, 0.15) is 25.0 Å². The molecule has 0 fully saturated rings. The van der Waals surface area contributed by atoms with E-state index in [1.54, 1.807) is 6.07 Å². The fourth-order valence-corrected chi connectivity index (χ4v) is 2.29. The Balaban J connectivity index is 1.91. The summed E-state index contributed by atoms with van der Waals surface area (Å²) in [7, 11) is 0. The number of halogens is 2. The van der Waals surface area contributed by atoms with Crippen LogP contribution in [0, 0.1) is 5.82 Å². The van der Waals surface area contributed by atoms with E-state index < -0.39 is 0 Å². The third-order valence-corrected chi connectivity index (χ3v) is 3.65. The maximum atomic E-state index is 13.0. The Morgan fingerprint density at radius 1 is 1.10 bits per heavy atom. The van der Waals surface area contributed by atoms with Crippen molar-refractivity contribution in [1.82, 2.24) is 5.32 Å². The normalized spacial score (nSPS) is 10.9. The molecule has 2 aromatic rings. The number of nitrogens with one attached hydrogen (secondary N) is 1. The Morgan fingerprint density at radius 2 is 1.76 bits per heavy atom. The van der Waals surface area contributed by atoms with Crippen molar-refractivity contribution in [3.63, 3.8) is 0 Å². The molecule has 21 heavy (non-hydrogen) atoms. The highest BCUT2D eigenvalue weighted by Gasteiger charge is 2.03. The van der Waals surface area contributed by atoms with Gasteiger partial charge < -0.3 is 10.1 Å². The lowest BCUT2D eigenvalue weighted by Gasteiger charge is -2.10. The Hall–Kier alpha value is -1.39. The van der Waals surface area contributed by atoms with Gasteiger partial charge in [0.1, 0.15) is 18.2 Å². The minimum Gasteiger partial charge on any atom is -0.488 e. The molecule has 1 N–H and O–H groups in total. The van der Waals surface area contributed by atoms with E-state index in [4.69, 9.17) is 4.74 Å². The van der Waals surface area contributed by atoms with E-state index in [2.05, 4.69) is 59.4 Å². The molecule has 0 amide bonds. The van der Waals surface area contributed by atoms with Gasteiger partial charge in [0.2, 0.25) is 0 Å². The number of hydrogen-bond donors (Lipinski definition) is 1. The molecule has 0 aliphatic heterocycles. The van der Waals surface area contributed by atoms with E-state index in [1.807, 2.05) is 0 Å². The third-order valence-electron chi connectivity index (χ3n) is 3.03. The molecule has 0 aromatic heterocycles. The van der Waals surface area contributed by atoms with E-state index in [1.165, 1.54) is 17.7 Å². The molecule has 0 saturated heterocycles. The van der Waals surface area contributed by atoms with Gasteiger partial charge in [-0.1, -0.05) is 38.1 Å². The zero-order valence-electron chi connectivity index (χ0n) is 12.2. The van der Waals surface area contributed by atoms with Crippen LogP contribution in [0.3, 0.4) is 0 Å². The van der Waals surface area contributed by atoms with Crippen LogP contribution in [-0.2, 0) is 13.2 Å². The lowest BCUT2D eigenvalue weighted by molar-refractivity contribution is 0.303. The number of rotatable bonds is 6. The van der Waals surface area contributed by atoms with Crippen molar-refractivity contribution in [3.8, 4) is 5.75 Å². The number of benzene rings is 2. The van der Waals surface area contributed by atoms with Gasteiger partial charge in [-0.05, 0) is 45.3 Å². The van der Waals surface area contributed by atoms with Crippen LogP contribution in [0.5, 0.6) is 5.75 Å². The van der Waals surface area contributed by atoms with Crippen molar-refractivity contribution in [2.24, 2.45) is 0 Å². The number of ether oxygens (including phenoxy) is 1. The second kappa shape index (κ2) is 7.57. The molecular formula is C17H19BrFNO. The van der Waals surface area contributed by atoms with Crippen molar-refractivity contribution in [3.05, 3.63) is 63.9 Å². The monoisotopic (exact) mass is 351 g/mol. The zero-order chi connectivity index (χ0) is 15.2. The maximum absolute atomic E-state index is 13.0. The summed E-state index contributed by atoms with van der Waals surface area (Å²) in [4.78, 5) is 0. The molecule has 2 rings (SSSR count). The Bertz CT molecular complexity index is 584. The van der Waals surface area contributed by atoms with Gasteiger partial charge in [-0.25, -0.2) is 4.39 Å². The molecule has 0 unspecified atom stereocenters. The molecule has 2 nitrogen and oxygen atoms in total. The quantitative estimate of drug-likeness (QED) is 0.816. The third kappa shape index (κ3) is 5.14. The first kappa shape index (κ1) is 16.0. The summed E-state index contributed by atoms with van der Waals surface area (Å²) in [6.07, 6.45) is 0. The van der Waals surface area contributed by atoms with Gasteiger partial charge >= 0.3 is 0 Å². The average Bonchev–Trinajstić information content (AvgIpc) is 2.45. The van der Waals surface area contributed by atoms with E-state index in [-0.39, 0.29) is 5.82 Å². The smallest absolute Gasteiger partial charge is 0.134 e. The highest BCUT2D eigenvalue weighted by Crippen LogP contribution is 2.26. The van der Waals surface area contributed by atoms with Gasteiger partial charge in [-0.2, -0.15) is 0 Å². The minimum absolute atomic E-state index is 0.281. The maximum Gasteiger partial charge on any atom is 0.134 e.